The van der Waals surface area contributed by atoms with Crippen molar-refractivity contribution in [2.45, 2.75) is 33.0 Å². The van der Waals surface area contributed by atoms with Gasteiger partial charge in [-0.15, -0.1) is 11.3 Å². The van der Waals surface area contributed by atoms with E-state index in [1.165, 1.54) is 29.0 Å². The molecule has 1 amide bonds. The van der Waals surface area contributed by atoms with Crippen LogP contribution in [-0.4, -0.2) is 17.5 Å². The Morgan fingerprint density at radius 3 is 2.41 bits per heavy atom. The van der Waals surface area contributed by atoms with Gasteiger partial charge in [0.25, 0.3) is 5.91 Å². The van der Waals surface area contributed by atoms with Gasteiger partial charge in [0.1, 0.15) is 23.9 Å². The van der Waals surface area contributed by atoms with Crippen LogP contribution in [0.1, 0.15) is 41.6 Å². The van der Waals surface area contributed by atoms with Crippen LogP contribution in [0.2, 0.25) is 0 Å². The minimum atomic E-state index is -2.88. The number of anilines is 1. The van der Waals surface area contributed by atoms with Crippen LogP contribution in [0.4, 0.5) is 13.9 Å². The number of hydrogen-bond donors (Lipinski definition) is 1. The molecule has 0 saturated heterocycles. The second-order valence-electron chi connectivity index (χ2n) is 7.67. The molecular weight excluding hydrogens is 462 g/mol. The Morgan fingerprint density at radius 1 is 1.03 bits per heavy atom. The molecule has 0 aliphatic rings. The van der Waals surface area contributed by atoms with E-state index in [1.54, 1.807) is 29.6 Å². The molecule has 4 aromatic rings. The topological polar surface area (TPSA) is 73.6 Å². The Hall–Kier alpha value is -3.72. The van der Waals surface area contributed by atoms with Crippen LogP contribution in [-0.2, 0) is 6.61 Å². The number of carbonyl (C=O) groups excluding carboxylic acids is 1. The second kappa shape index (κ2) is 10.5. The van der Waals surface area contributed by atoms with Crippen molar-refractivity contribution < 1.29 is 27.5 Å². The predicted molar refractivity (Wildman–Crippen MR) is 126 cm³/mol. The number of benzene rings is 2. The number of amides is 1. The van der Waals surface area contributed by atoms with E-state index in [9.17, 15) is 13.6 Å². The first-order valence-electron chi connectivity index (χ1n) is 10.5. The summed E-state index contributed by atoms with van der Waals surface area (Å²) in [6, 6.07) is 17.2. The largest absolute Gasteiger partial charge is 0.486 e. The maximum absolute atomic E-state index is 12.5. The standard InChI is InChI=1S/C25H22F2N2O4S/c1-15(2)16-3-7-18(8-4-16)31-13-20-11-12-22(32-20)23(30)29-25-28-21(14-34-25)17-5-9-19(10-6-17)33-24(26)27/h3-12,14-15,24H,13H2,1-2H3,(H,28,29,30). The molecule has 0 aliphatic carbocycles. The van der Waals surface area contributed by atoms with E-state index < -0.39 is 12.5 Å². The fourth-order valence-electron chi connectivity index (χ4n) is 3.11. The lowest BCUT2D eigenvalue weighted by Gasteiger charge is -2.07. The average Bonchev–Trinajstić information content (AvgIpc) is 3.48. The fraction of sp³-hybridized carbons (Fsp3) is 0.200. The van der Waals surface area contributed by atoms with Gasteiger partial charge in [0.15, 0.2) is 10.9 Å². The lowest BCUT2D eigenvalue weighted by atomic mass is 10.0. The van der Waals surface area contributed by atoms with Crippen molar-refractivity contribution in [2.75, 3.05) is 5.32 Å². The number of carbonyl (C=O) groups is 1. The zero-order valence-corrected chi connectivity index (χ0v) is 19.3. The predicted octanol–water partition coefficient (Wildman–Crippen LogP) is 6.96. The number of nitrogens with one attached hydrogen (secondary N) is 1. The van der Waals surface area contributed by atoms with Gasteiger partial charge in [-0.3, -0.25) is 10.1 Å². The average molecular weight is 485 g/mol. The molecule has 2 heterocycles. The van der Waals surface area contributed by atoms with Gasteiger partial charge < -0.3 is 13.9 Å². The number of aromatic nitrogens is 1. The zero-order chi connectivity index (χ0) is 24.1. The third-order valence-electron chi connectivity index (χ3n) is 4.91. The Labute approximate surface area is 199 Å². The van der Waals surface area contributed by atoms with Crippen LogP contribution in [0.25, 0.3) is 11.3 Å². The van der Waals surface area contributed by atoms with Gasteiger partial charge in [-0.2, -0.15) is 8.78 Å². The molecule has 0 unspecified atom stereocenters. The van der Waals surface area contributed by atoms with Crippen molar-refractivity contribution in [1.82, 2.24) is 4.98 Å². The summed E-state index contributed by atoms with van der Waals surface area (Å²) in [7, 11) is 0. The lowest BCUT2D eigenvalue weighted by Crippen LogP contribution is -2.10. The van der Waals surface area contributed by atoms with Gasteiger partial charge in [-0.25, -0.2) is 4.98 Å². The van der Waals surface area contributed by atoms with Gasteiger partial charge >= 0.3 is 6.61 Å². The van der Waals surface area contributed by atoms with E-state index in [2.05, 4.69) is 28.9 Å². The van der Waals surface area contributed by atoms with E-state index >= 15 is 0 Å². The van der Waals surface area contributed by atoms with Crippen LogP contribution < -0.4 is 14.8 Å². The number of rotatable bonds is 9. The summed E-state index contributed by atoms with van der Waals surface area (Å²) in [4.78, 5) is 16.9. The normalized spacial score (nSPS) is 11.1. The summed E-state index contributed by atoms with van der Waals surface area (Å²) in [5.41, 5.74) is 2.53. The van der Waals surface area contributed by atoms with Crippen molar-refractivity contribution in [3.63, 3.8) is 0 Å². The van der Waals surface area contributed by atoms with Gasteiger partial charge in [0, 0.05) is 10.9 Å². The molecule has 0 saturated carbocycles. The highest BCUT2D eigenvalue weighted by Crippen LogP contribution is 2.27. The van der Waals surface area contributed by atoms with Gasteiger partial charge in [0.05, 0.1) is 5.69 Å². The van der Waals surface area contributed by atoms with E-state index in [0.29, 0.717) is 28.1 Å². The molecule has 0 radical (unpaired) electrons. The van der Waals surface area contributed by atoms with Crippen molar-refractivity contribution >= 4 is 22.4 Å². The first kappa shape index (κ1) is 23.4. The Kier molecular flexibility index (Phi) is 7.22. The number of ether oxygens (including phenoxy) is 2. The first-order valence-corrected chi connectivity index (χ1v) is 11.4. The summed E-state index contributed by atoms with van der Waals surface area (Å²) in [5.74, 6) is 1.45. The minimum Gasteiger partial charge on any atom is -0.486 e. The molecule has 2 aromatic carbocycles. The quantitative estimate of drug-likeness (QED) is 0.278. The number of thiazole rings is 1. The highest BCUT2D eigenvalue weighted by molar-refractivity contribution is 7.14. The molecule has 9 heteroatoms. The first-order chi connectivity index (χ1) is 16.4. The summed E-state index contributed by atoms with van der Waals surface area (Å²) < 4.78 is 40.2. The van der Waals surface area contributed by atoms with Crippen molar-refractivity contribution in [2.24, 2.45) is 0 Å². The smallest absolute Gasteiger partial charge is 0.387 e. The number of hydrogen-bond acceptors (Lipinski definition) is 6. The van der Waals surface area contributed by atoms with Crippen LogP contribution in [0.3, 0.4) is 0 Å². The number of nitrogens with zero attached hydrogens (tertiary/aromatic N) is 1. The molecular formula is C25H22F2N2O4S. The highest BCUT2D eigenvalue weighted by Gasteiger charge is 2.15. The van der Waals surface area contributed by atoms with Crippen LogP contribution in [0.15, 0.2) is 70.5 Å². The molecule has 2 aromatic heterocycles. The van der Waals surface area contributed by atoms with Crippen molar-refractivity contribution in [1.29, 1.82) is 0 Å². The Balaban J connectivity index is 1.32. The second-order valence-corrected chi connectivity index (χ2v) is 8.53. The summed E-state index contributed by atoms with van der Waals surface area (Å²) in [6.07, 6.45) is 0. The molecule has 0 aliphatic heterocycles. The molecule has 0 spiro atoms. The zero-order valence-electron chi connectivity index (χ0n) is 18.5. The maximum Gasteiger partial charge on any atom is 0.387 e. The molecule has 6 nitrogen and oxygen atoms in total. The van der Waals surface area contributed by atoms with Gasteiger partial charge in [-0.05, 0) is 60.0 Å². The molecule has 176 valence electrons. The molecule has 0 bridgehead atoms. The monoisotopic (exact) mass is 484 g/mol. The maximum atomic E-state index is 12.5. The Bertz CT molecular complexity index is 1230. The lowest BCUT2D eigenvalue weighted by molar-refractivity contribution is -0.0498. The SMILES string of the molecule is CC(C)c1ccc(OCc2ccc(C(=O)Nc3nc(-c4ccc(OC(F)F)cc4)cs3)o2)cc1. The Morgan fingerprint density at radius 2 is 1.74 bits per heavy atom. The third kappa shape index (κ3) is 5.99. The van der Waals surface area contributed by atoms with Crippen molar-refractivity contribution in [3.8, 4) is 22.8 Å². The van der Waals surface area contributed by atoms with Crippen molar-refractivity contribution in [3.05, 3.63) is 83.1 Å². The van der Waals surface area contributed by atoms with Crippen LogP contribution >= 0.6 is 11.3 Å². The number of halogens is 2. The van der Waals surface area contributed by atoms with Gasteiger partial charge in [-0.1, -0.05) is 26.0 Å². The highest BCUT2D eigenvalue weighted by atomic mass is 32.1. The fourth-order valence-corrected chi connectivity index (χ4v) is 3.83. The van der Waals surface area contributed by atoms with E-state index in [4.69, 9.17) is 9.15 Å². The molecule has 0 fully saturated rings. The molecule has 4 rings (SSSR count). The van der Waals surface area contributed by atoms with E-state index in [1.807, 2.05) is 24.3 Å². The van der Waals surface area contributed by atoms with E-state index in [-0.39, 0.29) is 18.1 Å². The van der Waals surface area contributed by atoms with E-state index in [0.717, 1.165) is 5.75 Å². The molecule has 1 N–H and O–H groups in total. The van der Waals surface area contributed by atoms with Crippen LogP contribution in [0, 0.1) is 0 Å². The number of furan rings is 1. The summed E-state index contributed by atoms with van der Waals surface area (Å²) >= 11 is 1.24. The summed E-state index contributed by atoms with van der Waals surface area (Å²) in [6.45, 7) is 1.57. The minimum absolute atomic E-state index is 0.0627. The molecule has 34 heavy (non-hydrogen) atoms. The van der Waals surface area contributed by atoms with Crippen LogP contribution in [0.5, 0.6) is 11.5 Å². The summed E-state index contributed by atoms with van der Waals surface area (Å²) in [5, 5.41) is 4.84. The van der Waals surface area contributed by atoms with Gasteiger partial charge in [0.2, 0.25) is 0 Å². The molecule has 0 atom stereocenters. The number of alkyl halides is 2. The third-order valence-corrected chi connectivity index (χ3v) is 5.67.